The van der Waals surface area contributed by atoms with Gasteiger partial charge in [-0.2, -0.15) is 0 Å². The predicted octanol–water partition coefficient (Wildman–Crippen LogP) is -0.592. The van der Waals surface area contributed by atoms with Gasteiger partial charge in [0.15, 0.2) is 0 Å². The number of carbonyl (C=O) groups excluding carboxylic acids is 1. The Morgan fingerprint density at radius 2 is 2.18 bits per heavy atom. The highest BCUT2D eigenvalue weighted by atomic mass is 16.4. The minimum absolute atomic E-state index is 0.114. The Morgan fingerprint density at radius 3 is 2.71 bits per heavy atom. The first kappa shape index (κ1) is 13.9. The molecule has 0 spiro atoms. The second-order valence-corrected chi connectivity index (χ2v) is 4.57. The minimum atomic E-state index is -1.05. The number of carbonyl (C=O) groups is 2. The molecule has 0 saturated carbocycles. The van der Waals surface area contributed by atoms with E-state index in [-0.39, 0.29) is 24.8 Å². The van der Waals surface area contributed by atoms with Gasteiger partial charge in [-0.05, 0) is 19.4 Å². The molecule has 0 bridgehead atoms. The molecule has 4 N–H and O–H groups in total. The van der Waals surface area contributed by atoms with Crippen LogP contribution in [0.25, 0.3) is 0 Å². The molecule has 0 aromatic heterocycles. The molecule has 98 valence electrons. The highest BCUT2D eigenvalue weighted by Gasteiger charge is 2.39. The van der Waals surface area contributed by atoms with Crippen LogP contribution in [0.3, 0.4) is 0 Å². The van der Waals surface area contributed by atoms with Gasteiger partial charge in [0, 0.05) is 18.9 Å². The fourth-order valence-corrected chi connectivity index (χ4v) is 2.12. The molecule has 6 heteroatoms. The summed E-state index contributed by atoms with van der Waals surface area (Å²) < 4.78 is 0. The summed E-state index contributed by atoms with van der Waals surface area (Å²) in [6.45, 7) is 2.40. The zero-order valence-corrected chi connectivity index (χ0v) is 10.0. The van der Waals surface area contributed by atoms with E-state index in [4.69, 9.17) is 10.8 Å². The Bertz CT molecular complexity index is 295. The molecule has 1 saturated heterocycles. The van der Waals surface area contributed by atoms with E-state index in [1.165, 1.54) is 4.90 Å². The largest absolute Gasteiger partial charge is 0.480 e. The second-order valence-electron chi connectivity index (χ2n) is 4.57. The molecule has 1 aliphatic heterocycles. The van der Waals surface area contributed by atoms with Gasteiger partial charge in [-0.25, -0.2) is 4.79 Å². The van der Waals surface area contributed by atoms with Gasteiger partial charge in [0.25, 0.3) is 0 Å². The fraction of sp³-hybridized carbons (Fsp3) is 0.818. The molecule has 1 amide bonds. The van der Waals surface area contributed by atoms with Crippen LogP contribution in [0.5, 0.6) is 0 Å². The average Bonchev–Trinajstić information content (AvgIpc) is 2.67. The first-order valence-corrected chi connectivity index (χ1v) is 5.88. The summed E-state index contributed by atoms with van der Waals surface area (Å²) in [5.41, 5.74) is 5.37. The van der Waals surface area contributed by atoms with Crippen LogP contribution in [-0.4, -0.2) is 52.2 Å². The Labute approximate surface area is 100 Å². The first-order valence-electron chi connectivity index (χ1n) is 5.88. The SMILES string of the molecule is CC(CCCN)C(=O)N1C[C@@H](O)C[C@H]1C(=O)O. The van der Waals surface area contributed by atoms with Crippen molar-refractivity contribution in [1.29, 1.82) is 0 Å². The second kappa shape index (κ2) is 5.97. The molecule has 0 aromatic rings. The summed E-state index contributed by atoms with van der Waals surface area (Å²) in [6, 6.07) is -0.891. The van der Waals surface area contributed by atoms with Gasteiger partial charge >= 0.3 is 5.97 Å². The number of nitrogens with two attached hydrogens (primary N) is 1. The maximum absolute atomic E-state index is 12.0. The molecule has 1 fully saturated rings. The fourth-order valence-electron chi connectivity index (χ4n) is 2.12. The number of aliphatic carboxylic acids is 1. The van der Waals surface area contributed by atoms with E-state index >= 15 is 0 Å². The number of hydrogen-bond acceptors (Lipinski definition) is 4. The lowest BCUT2D eigenvalue weighted by molar-refractivity contribution is -0.149. The van der Waals surface area contributed by atoms with Crippen molar-refractivity contribution in [3.8, 4) is 0 Å². The molecule has 1 aliphatic rings. The number of aliphatic hydroxyl groups excluding tert-OH is 1. The summed E-state index contributed by atoms with van der Waals surface area (Å²) in [6.07, 6.45) is 0.766. The van der Waals surface area contributed by atoms with E-state index in [0.29, 0.717) is 13.0 Å². The molecule has 1 unspecified atom stereocenters. The normalized spacial score (nSPS) is 25.9. The highest BCUT2D eigenvalue weighted by Crippen LogP contribution is 2.22. The minimum Gasteiger partial charge on any atom is -0.480 e. The van der Waals surface area contributed by atoms with Gasteiger partial charge in [-0.3, -0.25) is 4.79 Å². The molecule has 0 radical (unpaired) electrons. The van der Waals surface area contributed by atoms with Crippen molar-refractivity contribution in [2.24, 2.45) is 11.7 Å². The third-order valence-electron chi connectivity index (χ3n) is 3.11. The molecule has 17 heavy (non-hydrogen) atoms. The van der Waals surface area contributed by atoms with Crippen LogP contribution >= 0.6 is 0 Å². The summed E-state index contributed by atoms with van der Waals surface area (Å²) in [7, 11) is 0. The van der Waals surface area contributed by atoms with Gasteiger partial charge in [-0.1, -0.05) is 6.92 Å². The van der Waals surface area contributed by atoms with Crippen molar-refractivity contribution < 1.29 is 19.8 Å². The van der Waals surface area contributed by atoms with Crippen LogP contribution in [0.15, 0.2) is 0 Å². The predicted molar refractivity (Wildman–Crippen MR) is 61.2 cm³/mol. The molecule has 3 atom stereocenters. The van der Waals surface area contributed by atoms with E-state index < -0.39 is 18.1 Å². The lowest BCUT2D eigenvalue weighted by atomic mass is 10.0. The maximum Gasteiger partial charge on any atom is 0.326 e. The molecule has 1 rings (SSSR count). The van der Waals surface area contributed by atoms with E-state index in [0.717, 1.165) is 6.42 Å². The zero-order valence-electron chi connectivity index (χ0n) is 10.0. The summed E-state index contributed by atoms with van der Waals surface area (Å²) >= 11 is 0. The van der Waals surface area contributed by atoms with Crippen molar-refractivity contribution >= 4 is 11.9 Å². The van der Waals surface area contributed by atoms with Crippen LogP contribution < -0.4 is 5.73 Å². The molecule has 6 nitrogen and oxygen atoms in total. The Kier molecular flexibility index (Phi) is 4.89. The van der Waals surface area contributed by atoms with E-state index in [9.17, 15) is 14.7 Å². The number of likely N-dealkylation sites (tertiary alicyclic amines) is 1. The quantitative estimate of drug-likeness (QED) is 0.599. The van der Waals surface area contributed by atoms with E-state index in [1.807, 2.05) is 0 Å². The first-order chi connectivity index (χ1) is 7.97. The third kappa shape index (κ3) is 3.41. The van der Waals surface area contributed by atoms with Crippen molar-refractivity contribution in [1.82, 2.24) is 4.90 Å². The summed E-state index contributed by atoms with van der Waals surface area (Å²) in [5.74, 6) is -1.51. The average molecular weight is 244 g/mol. The zero-order chi connectivity index (χ0) is 13.0. The number of carboxylic acids is 1. The van der Waals surface area contributed by atoms with Gasteiger partial charge in [0.05, 0.1) is 6.10 Å². The molecule has 0 aromatic carbocycles. The highest BCUT2D eigenvalue weighted by molar-refractivity contribution is 5.85. The molecular weight excluding hydrogens is 224 g/mol. The van der Waals surface area contributed by atoms with Crippen LogP contribution in [0, 0.1) is 5.92 Å². The van der Waals surface area contributed by atoms with Crippen molar-refractivity contribution in [3.05, 3.63) is 0 Å². The number of nitrogens with zero attached hydrogens (tertiary/aromatic N) is 1. The number of hydrogen-bond donors (Lipinski definition) is 3. The smallest absolute Gasteiger partial charge is 0.326 e. The number of amides is 1. The van der Waals surface area contributed by atoms with E-state index in [1.54, 1.807) is 6.92 Å². The summed E-state index contributed by atoms with van der Waals surface area (Å²) in [5, 5.41) is 18.4. The van der Waals surface area contributed by atoms with Crippen molar-refractivity contribution in [3.63, 3.8) is 0 Å². The Hall–Kier alpha value is -1.14. The van der Waals surface area contributed by atoms with Crippen LogP contribution in [-0.2, 0) is 9.59 Å². The van der Waals surface area contributed by atoms with E-state index in [2.05, 4.69) is 0 Å². The lowest BCUT2D eigenvalue weighted by Crippen LogP contribution is -2.43. The van der Waals surface area contributed by atoms with Crippen molar-refractivity contribution in [2.45, 2.75) is 38.3 Å². The van der Waals surface area contributed by atoms with Gasteiger partial charge in [0.2, 0.25) is 5.91 Å². The molecule has 0 aliphatic carbocycles. The number of rotatable bonds is 5. The van der Waals surface area contributed by atoms with Gasteiger partial charge in [0.1, 0.15) is 6.04 Å². The topological polar surface area (TPSA) is 104 Å². The van der Waals surface area contributed by atoms with Crippen molar-refractivity contribution in [2.75, 3.05) is 13.1 Å². The maximum atomic E-state index is 12.0. The van der Waals surface area contributed by atoms with Gasteiger partial charge < -0.3 is 20.8 Å². The number of carboxylic acid groups (broad SMARTS) is 1. The number of β-amino-alcohol motifs (C(OH)–C–C–N with tert-alkyl or cyclic N) is 1. The third-order valence-corrected chi connectivity index (χ3v) is 3.11. The number of aliphatic hydroxyl groups is 1. The molecule has 1 heterocycles. The lowest BCUT2D eigenvalue weighted by Gasteiger charge is -2.24. The van der Waals surface area contributed by atoms with Gasteiger partial charge in [-0.15, -0.1) is 0 Å². The van der Waals surface area contributed by atoms with Crippen LogP contribution in [0.2, 0.25) is 0 Å². The van der Waals surface area contributed by atoms with Crippen LogP contribution in [0.4, 0.5) is 0 Å². The Morgan fingerprint density at radius 1 is 1.53 bits per heavy atom. The molecular formula is C11H20N2O4. The Balaban J connectivity index is 2.63. The monoisotopic (exact) mass is 244 g/mol. The van der Waals surface area contributed by atoms with Crippen LogP contribution in [0.1, 0.15) is 26.2 Å². The standard InChI is InChI=1S/C11H20N2O4/c1-7(3-2-4-12)10(15)13-6-8(14)5-9(13)11(16)17/h7-9,14H,2-6,12H2,1H3,(H,16,17)/t7?,8-,9-/m0/s1. The summed E-state index contributed by atoms with van der Waals surface area (Å²) in [4.78, 5) is 24.3.